The highest BCUT2D eigenvalue weighted by Gasteiger charge is 2.47. The smallest absolute Gasteiger partial charge is 0.243 e. The van der Waals surface area contributed by atoms with E-state index < -0.39 is 10.0 Å². The van der Waals surface area contributed by atoms with Crippen molar-refractivity contribution in [2.24, 2.45) is 17.8 Å². The van der Waals surface area contributed by atoms with Crippen LogP contribution in [0.5, 0.6) is 0 Å². The Kier molecular flexibility index (Phi) is 6.69. The Balaban J connectivity index is 1.66. The zero-order valence-corrected chi connectivity index (χ0v) is 18.3. The molecule has 6 nitrogen and oxygen atoms in total. The van der Waals surface area contributed by atoms with E-state index in [2.05, 4.69) is 24.5 Å². The van der Waals surface area contributed by atoms with Crippen LogP contribution in [0.15, 0.2) is 29.2 Å². The van der Waals surface area contributed by atoms with Gasteiger partial charge in [-0.25, -0.2) is 8.42 Å². The number of likely N-dealkylation sites (N-methyl/N-ethyl adjacent to an activating group) is 1. The fourth-order valence-electron chi connectivity index (χ4n) is 4.47. The number of benzene rings is 1. The van der Waals surface area contributed by atoms with Crippen molar-refractivity contribution in [3.05, 3.63) is 29.3 Å². The van der Waals surface area contributed by atoms with Gasteiger partial charge in [-0.1, -0.05) is 25.4 Å². The summed E-state index contributed by atoms with van der Waals surface area (Å²) < 4.78 is 27.5. The largest absolute Gasteiger partial charge is 0.352 e. The lowest BCUT2D eigenvalue weighted by molar-refractivity contribution is -0.124. The van der Waals surface area contributed by atoms with Gasteiger partial charge in [-0.3, -0.25) is 4.79 Å². The summed E-state index contributed by atoms with van der Waals surface area (Å²) in [6.45, 7) is 5.16. The molecule has 1 aromatic carbocycles. The predicted molar refractivity (Wildman–Crippen MR) is 111 cm³/mol. The molecule has 0 spiro atoms. The lowest BCUT2D eigenvalue weighted by Gasteiger charge is -2.25. The number of fused-ring (bicyclic) bond motifs is 1. The van der Waals surface area contributed by atoms with Gasteiger partial charge in [0.25, 0.3) is 0 Å². The number of rotatable bonds is 7. The zero-order chi connectivity index (χ0) is 20.5. The maximum absolute atomic E-state index is 13.0. The normalized spacial score (nSPS) is 26.4. The molecule has 0 radical (unpaired) electrons. The molecule has 2 N–H and O–H groups in total. The minimum atomic E-state index is -3.54. The van der Waals surface area contributed by atoms with E-state index in [0.29, 0.717) is 29.9 Å². The molecule has 156 valence electrons. The summed E-state index contributed by atoms with van der Waals surface area (Å²) in [5, 5.41) is 6.80. The van der Waals surface area contributed by atoms with E-state index in [9.17, 15) is 13.2 Å². The molecule has 2 aliphatic rings. The van der Waals surface area contributed by atoms with E-state index in [4.69, 9.17) is 11.6 Å². The minimum Gasteiger partial charge on any atom is -0.352 e. The van der Waals surface area contributed by atoms with Crippen molar-refractivity contribution < 1.29 is 13.2 Å². The number of hydrogen-bond donors (Lipinski definition) is 2. The molecular formula is C20H30ClN3O3S. The first-order chi connectivity index (χ1) is 13.2. The van der Waals surface area contributed by atoms with E-state index in [1.165, 1.54) is 0 Å². The second kappa shape index (κ2) is 8.69. The van der Waals surface area contributed by atoms with E-state index >= 15 is 0 Å². The summed E-state index contributed by atoms with van der Waals surface area (Å²) in [5.74, 6) is 0.903. The Morgan fingerprint density at radius 3 is 2.50 bits per heavy atom. The van der Waals surface area contributed by atoms with E-state index in [0.717, 1.165) is 19.3 Å². The Hall–Kier alpha value is -1.15. The molecule has 8 heteroatoms. The van der Waals surface area contributed by atoms with Crippen molar-refractivity contribution in [1.29, 1.82) is 0 Å². The molecule has 1 heterocycles. The molecule has 1 amide bonds. The number of carbonyl (C=O) groups excluding carboxylic acids is 1. The van der Waals surface area contributed by atoms with Crippen LogP contribution in [0.2, 0.25) is 5.02 Å². The number of nitrogens with zero attached hydrogens (tertiary/aromatic N) is 1. The van der Waals surface area contributed by atoms with Crippen LogP contribution < -0.4 is 10.6 Å². The van der Waals surface area contributed by atoms with Crippen LogP contribution in [0, 0.1) is 17.8 Å². The van der Waals surface area contributed by atoms with Crippen molar-refractivity contribution >= 4 is 27.5 Å². The molecule has 28 heavy (non-hydrogen) atoms. The van der Waals surface area contributed by atoms with Gasteiger partial charge in [0, 0.05) is 24.2 Å². The molecule has 0 aromatic heterocycles. The van der Waals surface area contributed by atoms with Crippen LogP contribution in [-0.2, 0) is 14.8 Å². The molecule has 4 atom stereocenters. The number of halogens is 1. The van der Waals surface area contributed by atoms with Crippen molar-refractivity contribution in [3.63, 3.8) is 0 Å². The monoisotopic (exact) mass is 427 g/mol. The number of hydrogen-bond acceptors (Lipinski definition) is 4. The van der Waals surface area contributed by atoms with E-state index in [1.54, 1.807) is 35.6 Å². The van der Waals surface area contributed by atoms with Crippen LogP contribution in [-0.4, -0.2) is 50.9 Å². The standard InChI is InChI=1S/C20H30ClN3O3S/c1-13(2)10-19(22-3)20(25)23-18-9-4-14-11-24(12-17(14)18)28(26,27)16-7-5-15(21)6-8-16/h5-8,13-14,17-19,22H,4,9-12H2,1-3H3,(H,23,25)/t14-,17+,18+,19-/m0/s1. The van der Waals surface area contributed by atoms with Crippen LogP contribution in [0.4, 0.5) is 0 Å². The molecule has 1 aromatic rings. The van der Waals surface area contributed by atoms with Crippen LogP contribution >= 0.6 is 11.6 Å². The van der Waals surface area contributed by atoms with Gasteiger partial charge in [0.2, 0.25) is 15.9 Å². The molecule has 3 rings (SSSR count). The fourth-order valence-corrected chi connectivity index (χ4v) is 6.13. The first-order valence-corrected chi connectivity index (χ1v) is 11.8. The number of nitrogens with one attached hydrogen (secondary N) is 2. The highest BCUT2D eigenvalue weighted by molar-refractivity contribution is 7.89. The van der Waals surface area contributed by atoms with Crippen LogP contribution in [0.1, 0.15) is 33.1 Å². The Bertz CT molecular complexity index is 797. The minimum absolute atomic E-state index is 0.0147. The maximum Gasteiger partial charge on any atom is 0.243 e. The molecule has 1 saturated carbocycles. The highest BCUT2D eigenvalue weighted by Crippen LogP contribution is 2.40. The lowest BCUT2D eigenvalue weighted by Crippen LogP contribution is -2.49. The van der Waals surface area contributed by atoms with Crippen LogP contribution in [0.3, 0.4) is 0 Å². The summed E-state index contributed by atoms with van der Waals surface area (Å²) >= 11 is 5.88. The molecular weight excluding hydrogens is 398 g/mol. The summed E-state index contributed by atoms with van der Waals surface area (Å²) in [7, 11) is -1.73. The van der Waals surface area contributed by atoms with E-state index in [1.807, 2.05) is 0 Å². The Morgan fingerprint density at radius 1 is 1.21 bits per heavy atom. The van der Waals surface area contributed by atoms with Crippen molar-refractivity contribution in [2.75, 3.05) is 20.1 Å². The van der Waals surface area contributed by atoms with Crippen LogP contribution in [0.25, 0.3) is 0 Å². The molecule has 2 fully saturated rings. The number of carbonyl (C=O) groups is 1. The van der Waals surface area contributed by atoms with E-state index in [-0.39, 0.29) is 28.8 Å². The summed E-state index contributed by atoms with van der Waals surface area (Å²) in [5.41, 5.74) is 0. The van der Waals surface area contributed by atoms with Gasteiger partial charge in [0.15, 0.2) is 0 Å². The van der Waals surface area contributed by atoms with Gasteiger partial charge >= 0.3 is 0 Å². The number of sulfonamides is 1. The second-order valence-corrected chi connectivity index (χ2v) is 10.7. The van der Waals surface area contributed by atoms with Gasteiger partial charge in [0.05, 0.1) is 10.9 Å². The third-order valence-electron chi connectivity index (χ3n) is 5.97. The predicted octanol–water partition coefficient (Wildman–Crippen LogP) is 2.49. The van der Waals surface area contributed by atoms with Gasteiger partial charge in [0.1, 0.15) is 0 Å². The van der Waals surface area contributed by atoms with Gasteiger partial charge < -0.3 is 10.6 Å². The van der Waals surface area contributed by atoms with Gasteiger partial charge in [-0.2, -0.15) is 4.31 Å². The summed E-state index contributed by atoms with van der Waals surface area (Å²) in [6, 6.07) is 6.12. The first-order valence-electron chi connectivity index (χ1n) is 9.95. The zero-order valence-electron chi connectivity index (χ0n) is 16.7. The highest BCUT2D eigenvalue weighted by atomic mass is 35.5. The third kappa shape index (κ3) is 4.53. The molecule has 0 unspecified atom stereocenters. The number of amides is 1. The van der Waals surface area contributed by atoms with Gasteiger partial charge in [-0.15, -0.1) is 0 Å². The fraction of sp³-hybridized carbons (Fsp3) is 0.650. The Morgan fingerprint density at radius 2 is 1.89 bits per heavy atom. The van der Waals surface area contributed by atoms with Crippen molar-refractivity contribution in [2.45, 2.75) is 50.1 Å². The van der Waals surface area contributed by atoms with Crippen molar-refractivity contribution in [3.8, 4) is 0 Å². The average molecular weight is 428 g/mol. The third-order valence-corrected chi connectivity index (χ3v) is 8.07. The average Bonchev–Trinajstić information content (AvgIpc) is 3.22. The molecule has 0 bridgehead atoms. The molecule has 1 saturated heterocycles. The first kappa shape index (κ1) is 21.6. The van der Waals surface area contributed by atoms with Crippen molar-refractivity contribution in [1.82, 2.24) is 14.9 Å². The van der Waals surface area contributed by atoms with Gasteiger partial charge in [-0.05, 0) is 68.3 Å². The quantitative estimate of drug-likeness (QED) is 0.700. The molecule has 1 aliphatic carbocycles. The maximum atomic E-state index is 13.0. The summed E-state index contributed by atoms with van der Waals surface area (Å²) in [6.07, 6.45) is 2.63. The molecule has 1 aliphatic heterocycles. The Labute approximate surface area is 173 Å². The lowest BCUT2D eigenvalue weighted by atomic mass is 9.97. The SMILES string of the molecule is CN[C@@H](CC(C)C)C(=O)N[C@@H]1CC[C@H]2CN(S(=O)(=O)c3ccc(Cl)cc3)C[C@H]21. The topological polar surface area (TPSA) is 78.5 Å². The summed E-state index contributed by atoms with van der Waals surface area (Å²) in [4.78, 5) is 12.9. The second-order valence-electron chi connectivity index (χ2n) is 8.36.